The molecule has 4 heterocycles. The predicted molar refractivity (Wildman–Crippen MR) is 179 cm³/mol. The molecule has 9 rings (SSSR count). The van der Waals surface area contributed by atoms with Gasteiger partial charge in [-0.1, -0.05) is 91.0 Å². The molecule has 0 aliphatic carbocycles. The molecule has 0 saturated heterocycles. The summed E-state index contributed by atoms with van der Waals surface area (Å²) < 4.78 is 4.62. The highest BCUT2D eigenvalue weighted by Crippen LogP contribution is 2.40. The standard InChI is InChI=1S/C37H22N6S/c1-3-10-23(11-4-1)35-40-36(24-12-5-2-6-13-24)42-37(41-35)25-14-9-15-26(18-25)43-30-17-8-7-16-27(30)28-20-32-29(19-31(28)43)34-33(44-32)21-38-22-39-34/h1-22H. The van der Waals surface area contributed by atoms with Crippen molar-refractivity contribution in [1.82, 2.24) is 29.5 Å². The number of thiophene rings is 1. The number of rotatable bonds is 4. The van der Waals surface area contributed by atoms with Gasteiger partial charge in [-0.3, -0.25) is 0 Å². The smallest absolute Gasteiger partial charge is 0.164 e. The highest BCUT2D eigenvalue weighted by Gasteiger charge is 2.17. The average molecular weight is 583 g/mol. The molecule has 6 nitrogen and oxygen atoms in total. The van der Waals surface area contributed by atoms with Crippen molar-refractivity contribution >= 4 is 53.4 Å². The highest BCUT2D eigenvalue weighted by molar-refractivity contribution is 7.25. The Morgan fingerprint density at radius 1 is 0.500 bits per heavy atom. The Hall–Kier alpha value is -5.79. The molecular formula is C37H22N6S. The lowest BCUT2D eigenvalue weighted by atomic mass is 10.1. The lowest BCUT2D eigenvalue weighted by molar-refractivity contribution is 1.07. The minimum absolute atomic E-state index is 0.628. The van der Waals surface area contributed by atoms with E-state index in [-0.39, 0.29) is 0 Å². The SMILES string of the molecule is c1ccc(-c2nc(-c3ccccc3)nc(-c3cccc(-n4c5ccccc5c5cc6sc7cncnc7c6cc54)c3)n2)cc1. The van der Waals surface area contributed by atoms with Gasteiger partial charge in [0, 0.05) is 49.4 Å². The maximum Gasteiger partial charge on any atom is 0.164 e. The first-order chi connectivity index (χ1) is 21.8. The second-order valence-electron chi connectivity index (χ2n) is 10.6. The third-order valence-electron chi connectivity index (χ3n) is 7.99. The summed E-state index contributed by atoms with van der Waals surface area (Å²) in [6, 6.07) is 41.7. The van der Waals surface area contributed by atoms with E-state index in [1.54, 1.807) is 17.7 Å². The zero-order chi connectivity index (χ0) is 29.0. The normalized spacial score (nSPS) is 11.6. The van der Waals surface area contributed by atoms with Crippen molar-refractivity contribution in [3.05, 3.63) is 134 Å². The molecule has 7 heteroatoms. The van der Waals surface area contributed by atoms with Crippen LogP contribution in [0.2, 0.25) is 0 Å². The van der Waals surface area contributed by atoms with E-state index in [0.717, 1.165) is 49.0 Å². The van der Waals surface area contributed by atoms with Crippen molar-refractivity contribution in [1.29, 1.82) is 0 Å². The van der Waals surface area contributed by atoms with Crippen LogP contribution in [0.15, 0.2) is 134 Å². The molecule has 0 aliphatic heterocycles. The molecule has 0 atom stereocenters. The molecular weight excluding hydrogens is 561 g/mol. The summed E-state index contributed by atoms with van der Waals surface area (Å²) in [6.45, 7) is 0. The van der Waals surface area contributed by atoms with Crippen molar-refractivity contribution < 1.29 is 0 Å². The van der Waals surface area contributed by atoms with E-state index in [0.29, 0.717) is 17.5 Å². The van der Waals surface area contributed by atoms with E-state index in [1.165, 1.54) is 15.5 Å². The lowest BCUT2D eigenvalue weighted by Crippen LogP contribution is -2.01. The molecule has 0 aliphatic rings. The topological polar surface area (TPSA) is 69.4 Å². The third-order valence-corrected chi connectivity index (χ3v) is 9.07. The monoisotopic (exact) mass is 582 g/mol. The summed E-state index contributed by atoms with van der Waals surface area (Å²) >= 11 is 1.73. The molecule has 0 bridgehead atoms. The third kappa shape index (κ3) is 3.98. The number of nitrogens with zero attached hydrogens (tertiary/aromatic N) is 6. The van der Waals surface area contributed by atoms with E-state index in [4.69, 9.17) is 15.0 Å². The largest absolute Gasteiger partial charge is 0.309 e. The quantitative estimate of drug-likeness (QED) is 0.207. The number of para-hydroxylation sites is 1. The number of hydrogen-bond acceptors (Lipinski definition) is 6. The first-order valence-electron chi connectivity index (χ1n) is 14.3. The fraction of sp³-hybridized carbons (Fsp3) is 0. The highest BCUT2D eigenvalue weighted by atomic mass is 32.1. The van der Waals surface area contributed by atoms with Gasteiger partial charge in [-0.25, -0.2) is 24.9 Å². The number of fused-ring (bicyclic) bond motifs is 6. The molecule has 0 N–H and O–H groups in total. The summed E-state index contributed by atoms with van der Waals surface area (Å²) in [7, 11) is 0. The minimum Gasteiger partial charge on any atom is -0.309 e. The van der Waals surface area contributed by atoms with Crippen LogP contribution in [-0.2, 0) is 0 Å². The molecule has 44 heavy (non-hydrogen) atoms. The first kappa shape index (κ1) is 24.8. The fourth-order valence-electron chi connectivity index (χ4n) is 5.98. The Labute approximate surface area is 256 Å². The van der Waals surface area contributed by atoms with Gasteiger partial charge in [-0.15, -0.1) is 11.3 Å². The van der Waals surface area contributed by atoms with E-state index in [9.17, 15) is 0 Å². The Morgan fingerprint density at radius 2 is 1.16 bits per heavy atom. The van der Waals surface area contributed by atoms with Gasteiger partial charge in [0.05, 0.1) is 21.3 Å². The summed E-state index contributed by atoms with van der Waals surface area (Å²) in [5.41, 5.74) is 7.09. The molecule has 0 unspecified atom stereocenters. The van der Waals surface area contributed by atoms with Gasteiger partial charge in [0.2, 0.25) is 0 Å². The van der Waals surface area contributed by atoms with E-state index < -0.39 is 0 Å². The zero-order valence-corrected chi connectivity index (χ0v) is 24.1. The van der Waals surface area contributed by atoms with Crippen molar-refractivity contribution in [3.8, 4) is 39.9 Å². The van der Waals surface area contributed by atoms with Crippen molar-refractivity contribution in [2.24, 2.45) is 0 Å². The maximum absolute atomic E-state index is 4.97. The van der Waals surface area contributed by atoms with Crippen LogP contribution >= 0.6 is 11.3 Å². The van der Waals surface area contributed by atoms with E-state index in [1.807, 2.05) is 66.9 Å². The molecule has 0 amide bonds. The van der Waals surface area contributed by atoms with Gasteiger partial charge in [0.15, 0.2) is 17.5 Å². The Morgan fingerprint density at radius 3 is 1.91 bits per heavy atom. The maximum atomic E-state index is 4.97. The molecule has 4 aromatic heterocycles. The first-order valence-corrected chi connectivity index (χ1v) is 15.1. The molecule has 0 spiro atoms. The molecule has 0 fully saturated rings. The number of aromatic nitrogens is 6. The molecule has 0 saturated carbocycles. The van der Waals surface area contributed by atoms with Gasteiger partial charge in [-0.05, 0) is 30.3 Å². The van der Waals surface area contributed by atoms with E-state index in [2.05, 4.69) is 75.2 Å². The Kier molecular flexibility index (Phi) is 5.57. The van der Waals surface area contributed by atoms with Crippen LogP contribution in [0.1, 0.15) is 0 Å². The predicted octanol–water partition coefficient (Wildman–Crippen LogP) is 9.13. The fourth-order valence-corrected chi connectivity index (χ4v) is 7.03. The van der Waals surface area contributed by atoms with Gasteiger partial charge in [0.25, 0.3) is 0 Å². The van der Waals surface area contributed by atoms with Gasteiger partial charge in [0.1, 0.15) is 6.33 Å². The van der Waals surface area contributed by atoms with Crippen LogP contribution in [0.4, 0.5) is 0 Å². The van der Waals surface area contributed by atoms with Crippen molar-refractivity contribution in [2.45, 2.75) is 0 Å². The van der Waals surface area contributed by atoms with Gasteiger partial charge in [-0.2, -0.15) is 0 Å². The van der Waals surface area contributed by atoms with E-state index >= 15 is 0 Å². The summed E-state index contributed by atoms with van der Waals surface area (Å²) in [4.78, 5) is 23.7. The second-order valence-corrected chi connectivity index (χ2v) is 11.7. The Balaban J connectivity index is 1.27. The van der Waals surface area contributed by atoms with Crippen LogP contribution < -0.4 is 0 Å². The van der Waals surface area contributed by atoms with Crippen LogP contribution in [0, 0.1) is 0 Å². The number of benzene rings is 5. The molecule has 9 aromatic rings. The van der Waals surface area contributed by atoms with Crippen LogP contribution in [0.5, 0.6) is 0 Å². The van der Waals surface area contributed by atoms with Crippen molar-refractivity contribution in [3.63, 3.8) is 0 Å². The van der Waals surface area contributed by atoms with Crippen LogP contribution in [0.3, 0.4) is 0 Å². The lowest BCUT2D eigenvalue weighted by Gasteiger charge is -2.11. The Bertz CT molecular complexity index is 2440. The average Bonchev–Trinajstić information content (AvgIpc) is 3.62. The molecule has 0 radical (unpaired) electrons. The summed E-state index contributed by atoms with van der Waals surface area (Å²) in [5.74, 6) is 1.92. The van der Waals surface area contributed by atoms with Crippen LogP contribution in [-0.4, -0.2) is 29.5 Å². The summed E-state index contributed by atoms with van der Waals surface area (Å²) in [5, 5.41) is 3.55. The molecule has 206 valence electrons. The number of hydrogen-bond donors (Lipinski definition) is 0. The summed E-state index contributed by atoms with van der Waals surface area (Å²) in [6.07, 6.45) is 3.52. The van der Waals surface area contributed by atoms with Crippen LogP contribution in [0.25, 0.3) is 82.0 Å². The molecule has 5 aromatic carbocycles. The minimum atomic E-state index is 0.628. The second kappa shape index (κ2) is 9.90. The van der Waals surface area contributed by atoms with Crippen molar-refractivity contribution in [2.75, 3.05) is 0 Å². The van der Waals surface area contributed by atoms with Gasteiger partial charge < -0.3 is 4.57 Å². The zero-order valence-electron chi connectivity index (χ0n) is 23.3. The van der Waals surface area contributed by atoms with Gasteiger partial charge >= 0.3 is 0 Å².